The monoisotopic (exact) mass is 455 g/mol. The first-order valence-electron chi connectivity index (χ1n) is 8.86. The molecule has 30 heavy (non-hydrogen) atoms. The van der Waals surface area contributed by atoms with Crippen LogP contribution in [0.5, 0.6) is 5.75 Å². The van der Waals surface area contributed by atoms with Crippen molar-refractivity contribution < 1.29 is 9.53 Å². The van der Waals surface area contributed by atoms with E-state index in [1.807, 2.05) is 35.7 Å². The normalized spacial score (nSPS) is 10.6. The van der Waals surface area contributed by atoms with Crippen LogP contribution in [0.4, 0.5) is 5.69 Å². The van der Waals surface area contributed by atoms with Gasteiger partial charge in [0.25, 0.3) is 5.91 Å². The summed E-state index contributed by atoms with van der Waals surface area (Å²) >= 11 is 13.9. The number of aromatic nitrogens is 2. The van der Waals surface area contributed by atoms with Gasteiger partial charge in [-0.05, 0) is 36.4 Å². The third-order valence-electron chi connectivity index (χ3n) is 4.34. The molecular formula is C22H15Cl2N3O2S. The highest BCUT2D eigenvalue weighted by Crippen LogP contribution is 2.35. The predicted molar refractivity (Wildman–Crippen MR) is 122 cm³/mol. The largest absolute Gasteiger partial charge is 0.494 e. The lowest BCUT2D eigenvalue weighted by Crippen LogP contribution is -2.14. The number of halogens is 2. The van der Waals surface area contributed by atoms with Gasteiger partial charge in [0.1, 0.15) is 10.6 Å². The van der Waals surface area contributed by atoms with Gasteiger partial charge >= 0.3 is 0 Å². The van der Waals surface area contributed by atoms with E-state index in [-0.39, 0.29) is 16.3 Å². The zero-order chi connectivity index (χ0) is 21.1. The third kappa shape index (κ3) is 4.16. The van der Waals surface area contributed by atoms with Crippen molar-refractivity contribution in [2.45, 2.75) is 0 Å². The second-order valence-corrected chi connectivity index (χ2v) is 7.92. The first kappa shape index (κ1) is 20.3. The minimum atomic E-state index is -0.410. The van der Waals surface area contributed by atoms with Crippen LogP contribution in [0.25, 0.3) is 21.8 Å². The molecule has 0 saturated heterocycles. The van der Waals surface area contributed by atoms with Crippen LogP contribution in [0.2, 0.25) is 10.0 Å². The maximum absolute atomic E-state index is 12.9. The Morgan fingerprint density at radius 1 is 1.03 bits per heavy atom. The summed E-state index contributed by atoms with van der Waals surface area (Å²) in [6.45, 7) is 0. The number of amides is 1. The summed E-state index contributed by atoms with van der Waals surface area (Å²) in [7, 11) is 1.44. The van der Waals surface area contributed by atoms with Crippen molar-refractivity contribution in [1.29, 1.82) is 0 Å². The molecule has 2 heterocycles. The number of carbonyl (C=O) groups is 1. The zero-order valence-corrected chi connectivity index (χ0v) is 18.1. The van der Waals surface area contributed by atoms with Crippen LogP contribution in [0.3, 0.4) is 0 Å². The number of methoxy groups -OCH3 is 1. The van der Waals surface area contributed by atoms with Gasteiger partial charge in [0.15, 0.2) is 5.75 Å². The summed E-state index contributed by atoms with van der Waals surface area (Å²) in [5, 5.41) is 6.30. The molecule has 1 amide bonds. The van der Waals surface area contributed by atoms with E-state index in [0.717, 1.165) is 21.8 Å². The SMILES string of the molecule is COc1c(Cl)ccc(Cl)c1C(=O)Nc1cccc(-c2csc(-c3ccncc3)n2)c1. The first-order chi connectivity index (χ1) is 14.6. The highest BCUT2D eigenvalue weighted by Gasteiger charge is 2.20. The topological polar surface area (TPSA) is 64.1 Å². The fourth-order valence-corrected chi connectivity index (χ4v) is 4.23. The van der Waals surface area contributed by atoms with Crippen molar-refractivity contribution in [1.82, 2.24) is 9.97 Å². The Balaban J connectivity index is 1.60. The molecule has 0 unspecified atom stereocenters. The first-order valence-corrected chi connectivity index (χ1v) is 10.5. The van der Waals surface area contributed by atoms with Crippen molar-refractivity contribution in [3.8, 4) is 27.6 Å². The lowest BCUT2D eigenvalue weighted by molar-refractivity contribution is 0.102. The molecule has 0 atom stereocenters. The number of rotatable bonds is 5. The number of hydrogen-bond acceptors (Lipinski definition) is 5. The van der Waals surface area contributed by atoms with Crippen LogP contribution in [-0.2, 0) is 0 Å². The average Bonchev–Trinajstić information content (AvgIpc) is 3.26. The van der Waals surface area contributed by atoms with Gasteiger partial charge in [-0.15, -0.1) is 11.3 Å². The summed E-state index contributed by atoms with van der Waals surface area (Å²) in [6, 6.07) is 14.4. The molecule has 0 radical (unpaired) electrons. The number of ether oxygens (including phenoxy) is 1. The summed E-state index contributed by atoms with van der Waals surface area (Å²) in [4.78, 5) is 21.6. The van der Waals surface area contributed by atoms with Gasteiger partial charge in [0.2, 0.25) is 0 Å². The van der Waals surface area contributed by atoms with Crippen LogP contribution in [0, 0.1) is 0 Å². The fraction of sp³-hybridized carbons (Fsp3) is 0.0455. The van der Waals surface area contributed by atoms with Crippen LogP contribution >= 0.6 is 34.5 Å². The highest BCUT2D eigenvalue weighted by atomic mass is 35.5. The second kappa shape index (κ2) is 8.83. The maximum Gasteiger partial charge on any atom is 0.261 e. The van der Waals surface area contributed by atoms with E-state index in [2.05, 4.69) is 10.3 Å². The molecule has 0 saturated carbocycles. The number of thiazole rings is 1. The summed E-state index contributed by atoms with van der Waals surface area (Å²) in [5.74, 6) is -0.174. The smallest absolute Gasteiger partial charge is 0.261 e. The van der Waals surface area contributed by atoms with Crippen LogP contribution in [0.15, 0.2) is 66.3 Å². The standard InChI is InChI=1S/C22H15Cl2N3O2S/c1-29-20-17(24)6-5-16(23)19(20)21(28)26-15-4-2-3-14(11-15)18-12-30-22(27-18)13-7-9-25-10-8-13/h2-12H,1H3,(H,26,28). The van der Waals surface area contributed by atoms with E-state index >= 15 is 0 Å². The van der Waals surface area contributed by atoms with Crippen molar-refractivity contribution in [2.75, 3.05) is 12.4 Å². The second-order valence-electron chi connectivity index (χ2n) is 6.25. The van der Waals surface area contributed by atoms with Crippen LogP contribution in [0.1, 0.15) is 10.4 Å². The third-order valence-corrected chi connectivity index (χ3v) is 5.84. The number of anilines is 1. The quantitative estimate of drug-likeness (QED) is 0.375. The van der Waals surface area contributed by atoms with E-state index in [4.69, 9.17) is 32.9 Å². The minimum absolute atomic E-state index is 0.186. The molecule has 0 aliphatic carbocycles. The summed E-state index contributed by atoms with van der Waals surface area (Å²) in [5.41, 5.74) is 3.50. The molecule has 2 aromatic heterocycles. The number of pyridine rings is 1. The lowest BCUT2D eigenvalue weighted by Gasteiger charge is -2.12. The lowest BCUT2D eigenvalue weighted by atomic mass is 10.1. The predicted octanol–water partition coefficient (Wildman–Crippen LogP) is 6.44. The molecule has 4 rings (SSSR count). The molecule has 0 aliphatic rings. The van der Waals surface area contributed by atoms with Gasteiger partial charge in [-0.2, -0.15) is 0 Å². The van der Waals surface area contributed by atoms with Crippen LogP contribution < -0.4 is 10.1 Å². The Labute approximate surface area is 187 Å². The molecule has 150 valence electrons. The Kier molecular flexibility index (Phi) is 5.99. The summed E-state index contributed by atoms with van der Waals surface area (Å²) in [6.07, 6.45) is 3.48. The Hall–Kier alpha value is -2.93. The Morgan fingerprint density at radius 3 is 2.57 bits per heavy atom. The molecular weight excluding hydrogens is 441 g/mol. The van der Waals surface area contributed by atoms with E-state index < -0.39 is 5.91 Å². The number of nitrogens with zero attached hydrogens (tertiary/aromatic N) is 2. The molecule has 0 spiro atoms. The zero-order valence-electron chi connectivity index (χ0n) is 15.7. The van der Waals surface area contributed by atoms with Crippen LogP contribution in [-0.4, -0.2) is 23.0 Å². The molecule has 1 N–H and O–H groups in total. The van der Waals surface area contributed by atoms with Gasteiger partial charge in [-0.25, -0.2) is 4.98 Å². The van der Waals surface area contributed by atoms with Gasteiger partial charge in [-0.3, -0.25) is 9.78 Å². The Bertz CT molecular complexity index is 1210. The van der Waals surface area contributed by atoms with E-state index in [1.165, 1.54) is 7.11 Å². The van der Waals surface area contributed by atoms with E-state index in [0.29, 0.717) is 10.7 Å². The Morgan fingerprint density at radius 2 is 1.80 bits per heavy atom. The van der Waals surface area contributed by atoms with E-state index in [9.17, 15) is 4.79 Å². The fourth-order valence-electron chi connectivity index (χ4n) is 2.93. The number of benzene rings is 2. The minimum Gasteiger partial charge on any atom is -0.494 e. The van der Waals surface area contributed by atoms with Gasteiger partial charge in [-0.1, -0.05) is 35.3 Å². The van der Waals surface area contributed by atoms with Crippen molar-refractivity contribution in [2.24, 2.45) is 0 Å². The van der Waals surface area contributed by atoms with Crippen molar-refractivity contribution >= 4 is 46.1 Å². The number of hydrogen-bond donors (Lipinski definition) is 1. The number of nitrogens with one attached hydrogen (secondary N) is 1. The molecule has 4 aromatic rings. The molecule has 5 nitrogen and oxygen atoms in total. The number of carbonyl (C=O) groups excluding carboxylic acids is 1. The van der Waals surface area contributed by atoms with Gasteiger partial charge in [0.05, 0.1) is 22.8 Å². The van der Waals surface area contributed by atoms with Crippen molar-refractivity contribution in [3.63, 3.8) is 0 Å². The summed E-state index contributed by atoms with van der Waals surface area (Å²) < 4.78 is 5.26. The van der Waals surface area contributed by atoms with E-state index in [1.54, 1.807) is 41.9 Å². The molecule has 8 heteroatoms. The average molecular weight is 456 g/mol. The highest BCUT2D eigenvalue weighted by molar-refractivity contribution is 7.13. The molecule has 0 aliphatic heterocycles. The van der Waals surface area contributed by atoms with Gasteiger partial charge < -0.3 is 10.1 Å². The maximum atomic E-state index is 12.9. The van der Waals surface area contributed by atoms with Gasteiger partial charge in [0, 0.05) is 34.6 Å². The molecule has 0 fully saturated rings. The van der Waals surface area contributed by atoms with Crippen molar-refractivity contribution in [3.05, 3.63) is 81.9 Å². The molecule has 0 bridgehead atoms. The molecule has 2 aromatic carbocycles.